The number of carbonyl (C=O) groups excluding carboxylic acids is 1. The number of methoxy groups -OCH3 is 1. The minimum atomic E-state index is -0.279. The summed E-state index contributed by atoms with van der Waals surface area (Å²) in [5.41, 5.74) is -0.361. The quantitative estimate of drug-likeness (QED) is 0.771. The molecule has 1 aliphatic rings. The SMILES string of the molecule is COC(=O)C1CCN(c2nccn(C(C)(C)C)c2=O)CC1. The van der Waals surface area contributed by atoms with Gasteiger partial charge in [0.1, 0.15) is 0 Å². The van der Waals surface area contributed by atoms with Crippen LogP contribution in [0.4, 0.5) is 5.82 Å². The number of ether oxygens (including phenoxy) is 1. The van der Waals surface area contributed by atoms with Crippen molar-refractivity contribution >= 4 is 11.8 Å². The molecule has 1 aromatic rings. The van der Waals surface area contributed by atoms with Gasteiger partial charge in [0.15, 0.2) is 5.82 Å². The van der Waals surface area contributed by atoms with Gasteiger partial charge in [-0.1, -0.05) is 0 Å². The molecule has 2 heterocycles. The van der Waals surface area contributed by atoms with Gasteiger partial charge in [0.05, 0.1) is 13.0 Å². The second kappa shape index (κ2) is 5.87. The highest BCUT2D eigenvalue weighted by Crippen LogP contribution is 2.21. The van der Waals surface area contributed by atoms with E-state index in [2.05, 4.69) is 4.98 Å². The molecule has 0 spiro atoms. The van der Waals surface area contributed by atoms with E-state index in [-0.39, 0.29) is 23.0 Å². The first kappa shape index (κ1) is 15.5. The summed E-state index contributed by atoms with van der Waals surface area (Å²) in [5, 5.41) is 0. The van der Waals surface area contributed by atoms with Crippen LogP contribution in [-0.4, -0.2) is 35.7 Å². The van der Waals surface area contributed by atoms with Crippen molar-refractivity contribution in [3.63, 3.8) is 0 Å². The molecule has 0 radical (unpaired) electrons. The lowest BCUT2D eigenvalue weighted by molar-refractivity contribution is -0.146. The Labute approximate surface area is 124 Å². The molecule has 1 fully saturated rings. The molecule has 6 nitrogen and oxygen atoms in total. The third-order valence-electron chi connectivity index (χ3n) is 3.87. The number of rotatable bonds is 2. The van der Waals surface area contributed by atoms with Gasteiger partial charge in [-0.2, -0.15) is 0 Å². The molecule has 0 aliphatic carbocycles. The average Bonchev–Trinajstić information content (AvgIpc) is 2.45. The number of carbonyl (C=O) groups is 1. The summed E-state index contributed by atoms with van der Waals surface area (Å²) in [6, 6.07) is 0. The maximum atomic E-state index is 12.6. The van der Waals surface area contributed by atoms with Crippen molar-refractivity contribution in [2.45, 2.75) is 39.2 Å². The fraction of sp³-hybridized carbons (Fsp3) is 0.667. The van der Waals surface area contributed by atoms with E-state index in [9.17, 15) is 9.59 Å². The van der Waals surface area contributed by atoms with E-state index in [4.69, 9.17) is 4.74 Å². The first-order chi connectivity index (χ1) is 9.84. The molecule has 0 atom stereocenters. The zero-order chi connectivity index (χ0) is 15.6. The largest absolute Gasteiger partial charge is 0.469 e. The van der Waals surface area contributed by atoms with Crippen LogP contribution in [0, 0.1) is 5.92 Å². The molecule has 2 rings (SSSR count). The molecule has 1 saturated heterocycles. The Morgan fingerprint density at radius 1 is 1.33 bits per heavy atom. The summed E-state index contributed by atoms with van der Waals surface area (Å²) in [6.07, 6.45) is 4.76. The maximum absolute atomic E-state index is 12.6. The van der Waals surface area contributed by atoms with Crippen molar-refractivity contribution in [2.75, 3.05) is 25.1 Å². The van der Waals surface area contributed by atoms with Crippen LogP contribution in [0.5, 0.6) is 0 Å². The first-order valence-electron chi connectivity index (χ1n) is 7.25. The Kier molecular flexibility index (Phi) is 4.34. The normalized spacial score (nSPS) is 16.9. The summed E-state index contributed by atoms with van der Waals surface area (Å²) < 4.78 is 6.48. The minimum Gasteiger partial charge on any atom is -0.469 e. The monoisotopic (exact) mass is 293 g/mol. The number of esters is 1. The summed E-state index contributed by atoms with van der Waals surface area (Å²) in [7, 11) is 1.41. The molecule has 116 valence electrons. The van der Waals surface area contributed by atoms with Gasteiger partial charge in [0, 0.05) is 31.0 Å². The van der Waals surface area contributed by atoms with Crippen molar-refractivity contribution in [1.82, 2.24) is 9.55 Å². The van der Waals surface area contributed by atoms with Crippen molar-refractivity contribution in [1.29, 1.82) is 0 Å². The van der Waals surface area contributed by atoms with Crippen molar-refractivity contribution in [3.05, 3.63) is 22.7 Å². The van der Waals surface area contributed by atoms with Gasteiger partial charge in [-0.05, 0) is 33.6 Å². The van der Waals surface area contributed by atoms with E-state index in [1.165, 1.54) is 7.11 Å². The molecule has 0 N–H and O–H groups in total. The van der Waals surface area contributed by atoms with Crippen LogP contribution in [0.3, 0.4) is 0 Å². The predicted octanol–water partition coefficient (Wildman–Crippen LogP) is 1.39. The van der Waals surface area contributed by atoms with Crippen LogP contribution in [0.25, 0.3) is 0 Å². The van der Waals surface area contributed by atoms with Gasteiger partial charge in [-0.15, -0.1) is 0 Å². The Hall–Kier alpha value is -1.85. The van der Waals surface area contributed by atoms with Gasteiger partial charge >= 0.3 is 5.97 Å². The summed E-state index contributed by atoms with van der Waals surface area (Å²) in [4.78, 5) is 30.3. The van der Waals surface area contributed by atoms with Gasteiger partial charge in [0.2, 0.25) is 0 Å². The number of anilines is 1. The highest BCUT2D eigenvalue weighted by Gasteiger charge is 2.28. The third-order valence-corrected chi connectivity index (χ3v) is 3.87. The molecule has 21 heavy (non-hydrogen) atoms. The highest BCUT2D eigenvalue weighted by atomic mass is 16.5. The van der Waals surface area contributed by atoms with Gasteiger partial charge in [-0.25, -0.2) is 4.98 Å². The fourth-order valence-electron chi connectivity index (χ4n) is 2.64. The number of aromatic nitrogens is 2. The van der Waals surface area contributed by atoms with Crippen molar-refractivity contribution in [2.24, 2.45) is 5.92 Å². The van der Waals surface area contributed by atoms with Gasteiger partial charge < -0.3 is 14.2 Å². The lowest BCUT2D eigenvalue weighted by Crippen LogP contribution is -2.43. The standard InChI is InChI=1S/C15H23N3O3/c1-15(2,3)18-10-7-16-12(13(18)19)17-8-5-11(6-9-17)14(20)21-4/h7,10-11H,5-6,8-9H2,1-4H3. The topological polar surface area (TPSA) is 64.4 Å². The molecule has 1 aromatic heterocycles. The van der Waals surface area contributed by atoms with Crippen LogP contribution < -0.4 is 10.5 Å². The lowest BCUT2D eigenvalue weighted by Gasteiger charge is -2.32. The van der Waals surface area contributed by atoms with Gasteiger partial charge in [-0.3, -0.25) is 9.59 Å². The molecular formula is C15H23N3O3. The second-order valence-electron chi connectivity index (χ2n) is 6.38. The van der Waals surface area contributed by atoms with Gasteiger partial charge in [0.25, 0.3) is 5.56 Å². The zero-order valence-electron chi connectivity index (χ0n) is 13.1. The smallest absolute Gasteiger partial charge is 0.308 e. The van der Waals surface area contributed by atoms with Crippen LogP contribution in [0.2, 0.25) is 0 Å². The fourth-order valence-corrected chi connectivity index (χ4v) is 2.64. The molecule has 0 unspecified atom stereocenters. The van der Waals surface area contributed by atoms with Crippen LogP contribution in [-0.2, 0) is 15.1 Å². The molecule has 0 saturated carbocycles. The number of hydrogen-bond acceptors (Lipinski definition) is 5. The summed E-state index contributed by atoms with van der Waals surface area (Å²) >= 11 is 0. The minimum absolute atomic E-state index is 0.0696. The second-order valence-corrected chi connectivity index (χ2v) is 6.38. The van der Waals surface area contributed by atoms with E-state index in [0.717, 1.165) is 0 Å². The van der Waals surface area contributed by atoms with Crippen LogP contribution in [0.1, 0.15) is 33.6 Å². The van der Waals surface area contributed by atoms with E-state index in [1.807, 2.05) is 25.7 Å². The Morgan fingerprint density at radius 3 is 2.48 bits per heavy atom. The lowest BCUT2D eigenvalue weighted by atomic mass is 9.97. The van der Waals surface area contributed by atoms with Crippen LogP contribution in [0.15, 0.2) is 17.2 Å². The van der Waals surface area contributed by atoms with E-state index in [0.29, 0.717) is 31.7 Å². The van der Waals surface area contributed by atoms with E-state index >= 15 is 0 Å². The highest BCUT2D eigenvalue weighted by molar-refractivity contribution is 5.72. The predicted molar refractivity (Wildman–Crippen MR) is 80.4 cm³/mol. The van der Waals surface area contributed by atoms with Crippen LogP contribution >= 0.6 is 0 Å². The summed E-state index contributed by atoms with van der Waals surface area (Å²) in [6.45, 7) is 7.26. The Morgan fingerprint density at radius 2 is 1.95 bits per heavy atom. The molecule has 0 bridgehead atoms. The molecular weight excluding hydrogens is 270 g/mol. The maximum Gasteiger partial charge on any atom is 0.308 e. The third kappa shape index (κ3) is 3.25. The first-order valence-corrected chi connectivity index (χ1v) is 7.25. The molecule has 0 aromatic carbocycles. The number of nitrogens with zero attached hydrogens (tertiary/aromatic N) is 3. The molecule has 1 aliphatic heterocycles. The van der Waals surface area contributed by atoms with Crippen molar-refractivity contribution < 1.29 is 9.53 Å². The Bertz CT molecular complexity index is 566. The number of hydrogen-bond donors (Lipinski definition) is 0. The average molecular weight is 293 g/mol. The zero-order valence-corrected chi connectivity index (χ0v) is 13.1. The van der Waals surface area contributed by atoms with E-state index in [1.54, 1.807) is 17.0 Å². The molecule has 6 heteroatoms. The van der Waals surface area contributed by atoms with E-state index < -0.39 is 0 Å². The summed E-state index contributed by atoms with van der Waals surface area (Å²) in [5.74, 6) is 0.235. The molecule has 0 amide bonds. The Balaban J connectivity index is 2.18. The van der Waals surface area contributed by atoms with Crippen molar-refractivity contribution in [3.8, 4) is 0 Å². The number of piperidine rings is 1.